The second kappa shape index (κ2) is 6.41. The first-order chi connectivity index (χ1) is 12.8. The van der Waals surface area contributed by atoms with E-state index in [0.717, 1.165) is 12.8 Å². The molecule has 2 aromatic rings. The quantitative estimate of drug-likeness (QED) is 0.755. The molecule has 1 atom stereocenters. The molecule has 10 nitrogen and oxygen atoms in total. The van der Waals surface area contributed by atoms with Crippen LogP contribution in [0.4, 0.5) is 0 Å². The third-order valence-corrected chi connectivity index (χ3v) is 7.26. The lowest BCUT2D eigenvalue weighted by Crippen LogP contribution is -2.48. The van der Waals surface area contributed by atoms with Gasteiger partial charge in [-0.2, -0.15) is 9.29 Å². The first kappa shape index (κ1) is 18.1. The van der Waals surface area contributed by atoms with E-state index in [2.05, 4.69) is 15.3 Å². The number of rotatable bonds is 4. The molecular weight excluding hydrogens is 374 g/mol. The van der Waals surface area contributed by atoms with E-state index in [-0.39, 0.29) is 41.6 Å². The van der Waals surface area contributed by atoms with E-state index in [9.17, 15) is 13.2 Å². The minimum atomic E-state index is -3.65. The SMILES string of the molecule is CC(=O)N1CCCC1c1nc(C2CN(S(=O)(=O)c3c(C)noc3C)C2)no1. The standard InChI is InChI=1S/C16H21N5O5S/c1-9-14(10(2)25-18-9)27(23,24)20-7-12(8-20)15-17-16(26-19-15)13-5-4-6-21(13)11(3)22/h12-13H,4-8H2,1-3H3. The second-order valence-electron chi connectivity index (χ2n) is 7.03. The van der Waals surface area contributed by atoms with Crippen molar-refractivity contribution in [1.82, 2.24) is 24.5 Å². The van der Waals surface area contributed by atoms with Gasteiger partial charge in [-0.1, -0.05) is 10.3 Å². The Bertz CT molecular complexity index is 956. The molecular formula is C16H21N5O5S. The Labute approximate surface area is 156 Å². The Morgan fingerprint density at radius 1 is 1.19 bits per heavy atom. The van der Waals surface area contributed by atoms with Crippen molar-refractivity contribution < 1.29 is 22.3 Å². The molecule has 0 bridgehead atoms. The van der Waals surface area contributed by atoms with Gasteiger partial charge in [-0.25, -0.2) is 8.42 Å². The van der Waals surface area contributed by atoms with E-state index in [1.54, 1.807) is 18.7 Å². The van der Waals surface area contributed by atoms with Gasteiger partial charge in [0.1, 0.15) is 16.6 Å². The first-order valence-electron chi connectivity index (χ1n) is 8.82. The third-order valence-electron chi connectivity index (χ3n) is 5.18. The van der Waals surface area contributed by atoms with Crippen LogP contribution in [0.25, 0.3) is 0 Å². The zero-order valence-electron chi connectivity index (χ0n) is 15.4. The Hall–Kier alpha value is -2.27. The van der Waals surface area contributed by atoms with Crippen molar-refractivity contribution in [1.29, 1.82) is 0 Å². The summed E-state index contributed by atoms with van der Waals surface area (Å²) in [5.41, 5.74) is 0.350. The molecule has 0 radical (unpaired) electrons. The number of sulfonamides is 1. The zero-order valence-corrected chi connectivity index (χ0v) is 16.2. The van der Waals surface area contributed by atoms with Gasteiger partial charge in [0.2, 0.25) is 21.8 Å². The molecule has 1 amide bonds. The summed E-state index contributed by atoms with van der Waals surface area (Å²) in [7, 11) is -3.65. The number of likely N-dealkylation sites (tertiary alicyclic amines) is 1. The van der Waals surface area contributed by atoms with Crippen LogP contribution >= 0.6 is 0 Å². The van der Waals surface area contributed by atoms with Crippen molar-refractivity contribution in [3.63, 3.8) is 0 Å². The summed E-state index contributed by atoms with van der Waals surface area (Å²) in [5.74, 6) is 1.03. The summed E-state index contributed by atoms with van der Waals surface area (Å²) < 4.78 is 37.2. The van der Waals surface area contributed by atoms with Gasteiger partial charge in [0.15, 0.2) is 11.6 Å². The molecule has 146 valence electrons. The highest BCUT2D eigenvalue weighted by Gasteiger charge is 2.43. The predicted molar refractivity (Wildman–Crippen MR) is 91.1 cm³/mol. The molecule has 0 spiro atoms. The fraction of sp³-hybridized carbons (Fsp3) is 0.625. The van der Waals surface area contributed by atoms with Crippen molar-refractivity contribution >= 4 is 15.9 Å². The first-order valence-corrected chi connectivity index (χ1v) is 10.3. The van der Waals surface area contributed by atoms with Crippen LogP contribution in [0, 0.1) is 13.8 Å². The summed E-state index contributed by atoms with van der Waals surface area (Å²) in [4.78, 5) is 18.0. The number of aryl methyl sites for hydroxylation is 2. The van der Waals surface area contributed by atoms with Crippen molar-refractivity contribution in [2.75, 3.05) is 19.6 Å². The third kappa shape index (κ3) is 2.94. The highest BCUT2D eigenvalue weighted by atomic mass is 32.2. The van der Waals surface area contributed by atoms with Crippen LogP contribution in [0.5, 0.6) is 0 Å². The van der Waals surface area contributed by atoms with E-state index >= 15 is 0 Å². The molecule has 0 aliphatic carbocycles. The number of amides is 1. The van der Waals surface area contributed by atoms with Crippen LogP contribution in [0.15, 0.2) is 13.9 Å². The maximum absolute atomic E-state index is 12.7. The van der Waals surface area contributed by atoms with Gasteiger partial charge in [-0.15, -0.1) is 0 Å². The molecule has 0 aromatic carbocycles. The molecule has 1 unspecified atom stereocenters. The molecule has 2 aromatic heterocycles. The predicted octanol–water partition coefficient (Wildman–Crippen LogP) is 1.15. The Morgan fingerprint density at radius 3 is 2.56 bits per heavy atom. The number of hydrogen-bond acceptors (Lipinski definition) is 8. The van der Waals surface area contributed by atoms with Crippen LogP contribution in [-0.4, -0.2) is 58.5 Å². The van der Waals surface area contributed by atoms with Gasteiger partial charge in [0.05, 0.1) is 5.92 Å². The van der Waals surface area contributed by atoms with Crippen molar-refractivity contribution in [2.24, 2.45) is 0 Å². The van der Waals surface area contributed by atoms with Gasteiger partial charge < -0.3 is 13.9 Å². The second-order valence-corrected chi connectivity index (χ2v) is 8.91. The van der Waals surface area contributed by atoms with Gasteiger partial charge in [-0.05, 0) is 26.7 Å². The molecule has 0 N–H and O–H groups in total. The van der Waals surface area contributed by atoms with Crippen molar-refractivity contribution in [3.05, 3.63) is 23.2 Å². The lowest BCUT2D eigenvalue weighted by atomic mass is 10.0. The van der Waals surface area contributed by atoms with Crippen LogP contribution < -0.4 is 0 Å². The lowest BCUT2D eigenvalue weighted by molar-refractivity contribution is -0.130. The Balaban J connectivity index is 1.46. The molecule has 2 aliphatic heterocycles. The largest absolute Gasteiger partial charge is 0.360 e. The highest BCUT2D eigenvalue weighted by molar-refractivity contribution is 7.89. The molecule has 2 saturated heterocycles. The van der Waals surface area contributed by atoms with Crippen molar-refractivity contribution in [3.8, 4) is 0 Å². The topological polar surface area (TPSA) is 123 Å². The maximum atomic E-state index is 12.7. The maximum Gasteiger partial charge on any atom is 0.249 e. The molecule has 4 rings (SSSR count). The fourth-order valence-electron chi connectivity index (χ4n) is 3.72. The van der Waals surface area contributed by atoms with Crippen LogP contribution in [-0.2, 0) is 14.8 Å². The zero-order chi connectivity index (χ0) is 19.3. The molecule has 0 saturated carbocycles. The fourth-order valence-corrected chi connectivity index (χ4v) is 5.54. The van der Waals surface area contributed by atoms with E-state index in [4.69, 9.17) is 9.05 Å². The summed E-state index contributed by atoms with van der Waals surface area (Å²) in [5, 5.41) is 7.73. The van der Waals surface area contributed by atoms with E-state index < -0.39 is 10.0 Å². The average molecular weight is 395 g/mol. The minimum absolute atomic E-state index is 0.0161. The average Bonchev–Trinajstić information content (AvgIpc) is 3.25. The van der Waals surface area contributed by atoms with Gasteiger partial charge in [-0.3, -0.25) is 4.79 Å². The van der Waals surface area contributed by atoms with Gasteiger partial charge in [0, 0.05) is 26.6 Å². The number of aromatic nitrogens is 3. The number of carbonyl (C=O) groups is 1. The van der Waals surface area contributed by atoms with Gasteiger partial charge >= 0.3 is 0 Å². The number of nitrogens with zero attached hydrogens (tertiary/aromatic N) is 5. The summed E-state index contributed by atoms with van der Waals surface area (Å²) in [6.07, 6.45) is 1.69. The molecule has 2 fully saturated rings. The van der Waals surface area contributed by atoms with E-state index in [0.29, 0.717) is 24.0 Å². The molecule has 2 aliphatic rings. The minimum Gasteiger partial charge on any atom is -0.360 e. The van der Waals surface area contributed by atoms with E-state index in [1.807, 2.05) is 0 Å². The number of hydrogen-bond donors (Lipinski definition) is 0. The molecule has 11 heteroatoms. The summed E-state index contributed by atoms with van der Waals surface area (Å²) in [6, 6.07) is -0.189. The normalized spacial score (nSPS) is 21.6. The van der Waals surface area contributed by atoms with Crippen LogP contribution in [0.1, 0.15) is 54.9 Å². The van der Waals surface area contributed by atoms with Crippen LogP contribution in [0.2, 0.25) is 0 Å². The van der Waals surface area contributed by atoms with E-state index in [1.165, 1.54) is 11.2 Å². The van der Waals surface area contributed by atoms with Gasteiger partial charge in [0.25, 0.3) is 0 Å². The Kier molecular flexibility index (Phi) is 4.30. The van der Waals surface area contributed by atoms with Crippen LogP contribution in [0.3, 0.4) is 0 Å². The Morgan fingerprint density at radius 2 is 1.93 bits per heavy atom. The van der Waals surface area contributed by atoms with Crippen molar-refractivity contribution in [2.45, 2.75) is 50.5 Å². The molecule has 27 heavy (non-hydrogen) atoms. The summed E-state index contributed by atoms with van der Waals surface area (Å²) in [6.45, 7) is 5.94. The molecule has 4 heterocycles. The number of carbonyl (C=O) groups excluding carboxylic acids is 1. The summed E-state index contributed by atoms with van der Waals surface area (Å²) >= 11 is 0. The highest BCUT2D eigenvalue weighted by Crippen LogP contribution is 2.35. The lowest BCUT2D eigenvalue weighted by Gasteiger charge is -2.35. The smallest absolute Gasteiger partial charge is 0.249 e. The monoisotopic (exact) mass is 395 g/mol.